The highest BCUT2D eigenvalue weighted by Crippen LogP contribution is 2.31. The Kier molecular flexibility index (Phi) is 6.58. The molecule has 1 aromatic heterocycles. The van der Waals surface area contributed by atoms with Gasteiger partial charge in [-0.05, 0) is 37.1 Å². The number of para-hydroxylation sites is 3. The van der Waals surface area contributed by atoms with E-state index >= 15 is 0 Å². The summed E-state index contributed by atoms with van der Waals surface area (Å²) in [7, 11) is 1.59. The number of H-pyrrole nitrogens is 1. The van der Waals surface area contributed by atoms with Crippen LogP contribution in [0.3, 0.4) is 0 Å². The van der Waals surface area contributed by atoms with Crippen molar-refractivity contribution in [3.63, 3.8) is 0 Å². The van der Waals surface area contributed by atoms with Gasteiger partial charge in [-0.3, -0.25) is 9.69 Å². The number of aromatic nitrogens is 1. The smallest absolute Gasteiger partial charge is 0.244 e. The van der Waals surface area contributed by atoms with Crippen molar-refractivity contribution in [1.29, 1.82) is 5.26 Å². The molecule has 1 amide bonds. The molecule has 4 rings (SSSR count). The van der Waals surface area contributed by atoms with E-state index in [0.29, 0.717) is 24.5 Å². The van der Waals surface area contributed by atoms with E-state index in [1.807, 2.05) is 37.3 Å². The summed E-state index contributed by atoms with van der Waals surface area (Å²) in [5, 5.41) is 10.3. The lowest BCUT2D eigenvalue weighted by atomic mass is 9.98. The van der Waals surface area contributed by atoms with Crippen LogP contribution >= 0.6 is 0 Å². The second-order valence-corrected chi connectivity index (χ2v) is 7.97. The summed E-state index contributed by atoms with van der Waals surface area (Å²) in [6.45, 7) is 3.79. The maximum absolute atomic E-state index is 13.5. The first-order valence-corrected chi connectivity index (χ1v) is 10.9. The van der Waals surface area contributed by atoms with Gasteiger partial charge >= 0.3 is 0 Å². The van der Waals surface area contributed by atoms with Crippen molar-refractivity contribution in [2.24, 2.45) is 0 Å². The molecule has 1 N–H and O–H groups in total. The quantitative estimate of drug-likeness (QED) is 0.597. The fourth-order valence-corrected chi connectivity index (χ4v) is 4.36. The van der Waals surface area contributed by atoms with Gasteiger partial charge in [0.1, 0.15) is 5.75 Å². The molecule has 1 aliphatic rings. The molecule has 2 heterocycles. The fourth-order valence-electron chi connectivity index (χ4n) is 4.36. The van der Waals surface area contributed by atoms with Gasteiger partial charge in [0.2, 0.25) is 5.91 Å². The van der Waals surface area contributed by atoms with Crippen LogP contribution in [0, 0.1) is 11.3 Å². The first kappa shape index (κ1) is 21.7. The second kappa shape index (κ2) is 9.71. The molecule has 0 bridgehead atoms. The van der Waals surface area contributed by atoms with E-state index in [1.165, 1.54) is 16.5 Å². The third-order valence-corrected chi connectivity index (χ3v) is 6.17. The number of methoxy groups -OCH3 is 1. The summed E-state index contributed by atoms with van der Waals surface area (Å²) in [5.74, 6) is 0.611. The van der Waals surface area contributed by atoms with Crippen molar-refractivity contribution in [1.82, 2.24) is 9.88 Å². The van der Waals surface area contributed by atoms with Crippen LogP contribution in [-0.4, -0.2) is 48.6 Å². The van der Waals surface area contributed by atoms with E-state index in [-0.39, 0.29) is 18.4 Å². The molecule has 0 saturated heterocycles. The SMILES string of the molecule is COc1ccccc1N(CCC#N)C(=O)C(C)N1CC=C(c2c[nH]c3ccccc23)CC1. The van der Waals surface area contributed by atoms with Crippen LogP contribution in [0.15, 0.2) is 60.8 Å². The minimum absolute atomic E-state index is 0.0197. The normalized spacial score (nSPS) is 15.1. The number of nitrogens with one attached hydrogen (secondary N) is 1. The molecule has 32 heavy (non-hydrogen) atoms. The van der Waals surface area contributed by atoms with Crippen LogP contribution in [0.2, 0.25) is 0 Å². The summed E-state index contributed by atoms with van der Waals surface area (Å²) >= 11 is 0. The van der Waals surface area contributed by atoms with Crippen LogP contribution in [0.1, 0.15) is 25.3 Å². The molecule has 164 valence electrons. The summed E-state index contributed by atoms with van der Waals surface area (Å²) in [5.41, 5.74) is 4.39. The number of nitriles is 1. The van der Waals surface area contributed by atoms with Crippen LogP contribution in [0.25, 0.3) is 16.5 Å². The van der Waals surface area contributed by atoms with Crippen molar-refractivity contribution in [3.05, 3.63) is 66.4 Å². The Morgan fingerprint density at radius 3 is 2.78 bits per heavy atom. The predicted octanol–water partition coefficient (Wildman–Crippen LogP) is 4.60. The number of ether oxygens (including phenoxy) is 1. The number of carbonyl (C=O) groups excluding carboxylic acids is 1. The third-order valence-electron chi connectivity index (χ3n) is 6.17. The zero-order valence-electron chi connectivity index (χ0n) is 18.5. The molecule has 1 unspecified atom stereocenters. The molecule has 0 spiro atoms. The Morgan fingerprint density at radius 2 is 2.03 bits per heavy atom. The van der Waals surface area contributed by atoms with Gasteiger partial charge in [-0.25, -0.2) is 0 Å². The maximum atomic E-state index is 13.5. The number of anilines is 1. The summed E-state index contributed by atoms with van der Waals surface area (Å²) in [6.07, 6.45) is 5.45. The number of amides is 1. The van der Waals surface area contributed by atoms with Gasteiger partial charge in [-0.15, -0.1) is 0 Å². The van der Waals surface area contributed by atoms with Gasteiger partial charge in [-0.2, -0.15) is 5.26 Å². The van der Waals surface area contributed by atoms with Crippen molar-refractivity contribution < 1.29 is 9.53 Å². The average Bonchev–Trinajstić information content (AvgIpc) is 3.28. The number of nitrogens with zero attached hydrogens (tertiary/aromatic N) is 3. The molecule has 6 nitrogen and oxygen atoms in total. The maximum Gasteiger partial charge on any atom is 0.244 e. The number of hydrogen-bond acceptors (Lipinski definition) is 4. The average molecular weight is 429 g/mol. The van der Waals surface area contributed by atoms with E-state index in [1.54, 1.807) is 12.0 Å². The lowest BCUT2D eigenvalue weighted by Crippen LogP contribution is -2.49. The number of aromatic amines is 1. The summed E-state index contributed by atoms with van der Waals surface area (Å²) in [6, 6.07) is 17.6. The zero-order valence-corrected chi connectivity index (χ0v) is 18.5. The topological polar surface area (TPSA) is 72.4 Å². The van der Waals surface area contributed by atoms with Gasteiger partial charge < -0.3 is 14.6 Å². The largest absolute Gasteiger partial charge is 0.495 e. The van der Waals surface area contributed by atoms with E-state index in [4.69, 9.17) is 10.00 Å². The molecule has 3 aromatic rings. The Hall–Kier alpha value is -3.56. The molecule has 6 heteroatoms. The van der Waals surface area contributed by atoms with E-state index < -0.39 is 0 Å². The monoisotopic (exact) mass is 428 g/mol. The highest BCUT2D eigenvalue weighted by atomic mass is 16.5. The van der Waals surface area contributed by atoms with Gasteiger partial charge in [0.15, 0.2) is 0 Å². The summed E-state index contributed by atoms with van der Waals surface area (Å²) in [4.78, 5) is 20.7. The fraction of sp³-hybridized carbons (Fsp3) is 0.308. The minimum atomic E-state index is -0.306. The van der Waals surface area contributed by atoms with Crippen LogP contribution in [0.5, 0.6) is 5.75 Å². The van der Waals surface area contributed by atoms with Gasteiger partial charge in [0.25, 0.3) is 0 Å². The molecule has 1 atom stereocenters. The molecule has 0 fully saturated rings. The highest BCUT2D eigenvalue weighted by molar-refractivity contribution is 5.98. The standard InChI is InChI=1S/C26H28N4O2/c1-19(26(31)30(15-7-14-27)24-10-5-6-11-25(24)32-2)29-16-12-20(13-17-29)22-18-28-23-9-4-3-8-21(22)23/h3-6,8-12,18-19,28H,7,13,15-17H2,1-2H3. The Morgan fingerprint density at radius 1 is 1.25 bits per heavy atom. The van der Waals surface area contributed by atoms with Gasteiger partial charge in [0.05, 0.1) is 31.3 Å². The van der Waals surface area contributed by atoms with Crippen molar-refractivity contribution in [3.8, 4) is 11.8 Å². The first-order chi connectivity index (χ1) is 15.6. The molecule has 2 aromatic carbocycles. The molecular formula is C26H28N4O2. The molecular weight excluding hydrogens is 400 g/mol. The minimum Gasteiger partial charge on any atom is -0.495 e. The second-order valence-electron chi connectivity index (χ2n) is 7.97. The number of carbonyl (C=O) groups is 1. The number of rotatable bonds is 7. The molecule has 0 saturated carbocycles. The first-order valence-electron chi connectivity index (χ1n) is 10.9. The number of hydrogen-bond donors (Lipinski definition) is 1. The number of fused-ring (bicyclic) bond motifs is 1. The van der Waals surface area contributed by atoms with Gasteiger partial charge in [-0.1, -0.05) is 36.4 Å². The molecule has 0 radical (unpaired) electrons. The van der Waals surface area contributed by atoms with Crippen LogP contribution in [-0.2, 0) is 4.79 Å². The Bertz CT molecular complexity index is 1170. The van der Waals surface area contributed by atoms with Crippen molar-refractivity contribution in [2.45, 2.75) is 25.8 Å². The Labute approximate surface area is 188 Å². The Balaban J connectivity index is 1.52. The zero-order chi connectivity index (χ0) is 22.5. The molecule has 1 aliphatic heterocycles. The van der Waals surface area contributed by atoms with E-state index in [9.17, 15) is 4.79 Å². The van der Waals surface area contributed by atoms with Crippen LogP contribution in [0.4, 0.5) is 5.69 Å². The van der Waals surface area contributed by atoms with Crippen molar-refractivity contribution in [2.75, 3.05) is 31.6 Å². The number of benzene rings is 2. The lowest BCUT2D eigenvalue weighted by Gasteiger charge is -2.34. The highest BCUT2D eigenvalue weighted by Gasteiger charge is 2.29. The summed E-state index contributed by atoms with van der Waals surface area (Å²) < 4.78 is 5.47. The van der Waals surface area contributed by atoms with Gasteiger partial charge in [0, 0.05) is 42.3 Å². The van der Waals surface area contributed by atoms with Crippen molar-refractivity contribution >= 4 is 28.1 Å². The third kappa shape index (κ3) is 4.25. The van der Waals surface area contributed by atoms with Crippen LogP contribution < -0.4 is 9.64 Å². The predicted molar refractivity (Wildman–Crippen MR) is 128 cm³/mol. The molecule has 0 aliphatic carbocycles. The van der Waals surface area contributed by atoms with E-state index in [2.05, 4.69) is 46.4 Å². The van der Waals surface area contributed by atoms with E-state index in [0.717, 1.165) is 18.5 Å². The lowest BCUT2D eigenvalue weighted by molar-refractivity contribution is -0.123.